The molecule has 2 saturated heterocycles. The zero-order valence-corrected chi connectivity index (χ0v) is 12.9. The van der Waals surface area contributed by atoms with Gasteiger partial charge in [-0.15, -0.1) is 0 Å². The predicted octanol–water partition coefficient (Wildman–Crippen LogP) is 1.54. The molecule has 0 aromatic rings. The third-order valence-electron chi connectivity index (χ3n) is 4.44. The number of carbonyl (C=O) groups is 1. The standard InChI is InChI=1S/C15H29N3O2/c1-3-20-15(19)18-9-6-14(7-10-18)16-11-13-5-4-8-17(2)12-13/h13-14,16H,3-12H2,1-2H3. The number of nitrogens with zero attached hydrogens (tertiary/aromatic N) is 2. The monoisotopic (exact) mass is 283 g/mol. The van der Waals surface area contributed by atoms with Gasteiger partial charge in [-0.3, -0.25) is 0 Å². The van der Waals surface area contributed by atoms with Crippen LogP contribution in [0.5, 0.6) is 0 Å². The van der Waals surface area contributed by atoms with E-state index in [9.17, 15) is 4.79 Å². The van der Waals surface area contributed by atoms with E-state index in [1.807, 2.05) is 11.8 Å². The van der Waals surface area contributed by atoms with E-state index < -0.39 is 0 Å². The molecule has 1 N–H and O–H groups in total. The van der Waals surface area contributed by atoms with Crippen LogP contribution in [0.4, 0.5) is 4.79 Å². The highest BCUT2D eigenvalue weighted by atomic mass is 16.6. The normalized spacial score (nSPS) is 25.7. The van der Waals surface area contributed by atoms with Crippen LogP contribution in [-0.2, 0) is 4.74 Å². The second-order valence-corrected chi connectivity index (χ2v) is 6.14. The van der Waals surface area contributed by atoms with Crippen molar-refractivity contribution < 1.29 is 9.53 Å². The molecular weight excluding hydrogens is 254 g/mol. The first-order valence-corrected chi connectivity index (χ1v) is 8.02. The van der Waals surface area contributed by atoms with Crippen LogP contribution in [0.25, 0.3) is 0 Å². The molecular formula is C15H29N3O2. The smallest absolute Gasteiger partial charge is 0.409 e. The summed E-state index contributed by atoms with van der Waals surface area (Å²) in [5.74, 6) is 0.789. The second kappa shape index (κ2) is 7.84. The Morgan fingerprint density at radius 3 is 2.65 bits per heavy atom. The number of piperidine rings is 2. The summed E-state index contributed by atoms with van der Waals surface area (Å²) in [6.07, 6.45) is 4.60. The molecule has 1 atom stereocenters. The lowest BCUT2D eigenvalue weighted by molar-refractivity contribution is 0.0942. The van der Waals surface area contributed by atoms with Gasteiger partial charge in [-0.1, -0.05) is 0 Å². The molecule has 1 unspecified atom stereocenters. The number of hydrogen-bond donors (Lipinski definition) is 1. The Kier molecular flexibility index (Phi) is 6.10. The number of ether oxygens (including phenoxy) is 1. The molecule has 0 radical (unpaired) electrons. The van der Waals surface area contributed by atoms with E-state index in [2.05, 4.69) is 17.3 Å². The molecule has 2 aliphatic rings. The minimum absolute atomic E-state index is 0.153. The number of nitrogens with one attached hydrogen (secondary N) is 1. The Balaban J connectivity index is 1.63. The van der Waals surface area contributed by atoms with E-state index in [1.54, 1.807) is 0 Å². The summed E-state index contributed by atoms with van der Waals surface area (Å²) in [6, 6.07) is 0.563. The number of amides is 1. The van der Waals surface area contributed by atoms with Crippen molar-refractivity contribution in [3.05, 3.63) is 0 Å². The molecule has 0 spiro atoms. The fourth-order valence-electron chi connectivity index (χ4n) is 3.25. The highest BCUT2D eigenvalue weighted by Crippen LogP contribution is 2.16. The Labute approximate surface area is 122 Å². The Morgan fingerprint density at radius 2 is 2.00 bits per heavy atom. The van der Waals surface area contributed by atoms with Gasteiger partial charge in [-0.2, -0.15) is 0 Å². The summed E-state index contributed by atoms with van der Waals surface area (Å²) in [4.78, 5) is 15.9. The van der Waals surface area contributed by atoms with E-state index >= 15 is 0 Å². The first kappa shape index (κ1) is 15.6. The summed E-state index contributed by atoms with van der Waals surface area (Å²) in [7, 11) is 2.21. The lowest BCUT2D eigenvalue weighted by Crippen LogP contribution is -2.47. The molecule has 0 aliphatic carbocycles. The molecule has 5 nitrogen and oxygen atoms in total. The molecule has 20 heavy (non-hydrogen) atoms. The zero-order chi connectivity index (χ0) is 14.4. The van der Waals surface area contributed by atoms with E-state index in [4.69, 9.17) is 4.74 Å². The average Bonchev–Trinajstić information content (AvgIpc) is 2.46. The van der Waals surface area contributed by atoms with Crippen LogP contribution >= 0.6 is 0 Å². The third-order valence-corrected chi connectivity index (χ3v) is 4.44. The van der Waals surface area contributed by atoms with Crippen LogP contribution in [0.2, 0.25) is 0 Å². The van der Waals surface area contributed by atoms with Crippen molar-refractivity contribution in [2.45, 2.75) is 38.6 Å². The minimum Gasteiger partial charge on any atom is -0.450 e. The molecule has 0 saturated carbocycles. The third kappa shape index (κ3) is 4.63. The van der Waals surface area contributed by atoms with Crippen molar-refractivity contribution in [2.24, 2.45) is 5.92 Å². The van der Waals surface area contributed by atoms with Crippen molar-refractivity contribution >= 4 is 6.09 Å². The van der Waals surface area contributed by atoms with E-state index in [0.29, 0.717) is 12.6 Å². The minimum atomic E-state index is -0.153. The van der Waals surface area contributed by atoms with E-state index in [0.717, 1.165) is 38.4 Å². The van der Waals surface area contributed by atoms with Crippen molar-refractivity contribution in [1.82, 2.24) is 15.1 Å². The molecule has 0 bridgehead atoms. The summed E-state index contributed by atoms with van der Waals surface area (Å²) in [6.45, 7) is 7.54. The quantitative estimate of drug-likeness (QED) is 0.850. The van der Waals surface area contributed by atoms with Crippen LogP contribution in [0.15, 0.2) is 0 Å². The maximum atomic E-state index is 11.6. The van der Waals surface area contributed by atoms with Gasteiger partial charge in [0.2, 0.25) is 0 Å². The molecule has 0 aromatic carbocycles. The molecule has 2 aliphatic heterocycles. The van der Waals surface area contributed by atoms with Gasteiger partial charge in [0, 0.05) is 25.7 Å². The Morgan fingerprint density at radius 1 is 1.25 bits per heavy atom. The van der Waals surface area contributed by atoms with Gasteiger partial charge in [0.05, 0.1) is 6.61 Å². The van der Waals surface area contributed by atoms with Gasteiger partial charge in [0.25, 0.3) is 0 Å². The lowest BCUT2D eigenvalue weighted by atomic mass is 9.97. The summed E-state index contributed by atoms with van der Waals surface area (Å²) in [5.41, 5.74) is 0. The van der Waals surface area contributed by atoms with Crippen LogP contribution in [0.3, 0.4) is 0 Å². The fourth-order valence-corrected chi connectivity index (χ4v) is 3.25. The predicted molar refractivity (Wildman–Crippen MR) is 79.8 cm³/mol. The van der Waals surface area contributed by atoms with Crippen LogP contribution in [0.1, 0.15) is 32.6 Å². The molecule has 116 valence electrons. The molecule has 5 heteroatoms. The van der Waals surface area contributed by atoms with Gasteiger partial charge < -0.3 is 19.9 Å². The lowest BCUT2D eigenvalue weighted by Gasteiger charge is -2.34. The zero-order valence-electron chi connectivity index (χ0n) is 12.9. The number of likely N-dealkylation sites (tertiary alicyclic amines) is 2. The highest BCUT2D eigenvalue weighted by molar-refractivity contribution is 5.67. The summed E-state index contributed by atoms with van der Waals surface area (Å²) >= 11 is 0. The maximum Gasteiger partial charge on any atom is 0.409 e. The molecule has 2 heterocycles. The number of carbonyl (C=O) groups excluding carboxylic acids is 1. The summed E-state index contributed by atoms with van der Waals surface area (Å²) in [5, 5.41) is 3.70. The SMILES string of the molecule is CCOC(=O)N1CCC(NCC2CCCN(C)C2)CC1. The summed E-state index contributed by atoms with van der Waals surface area (Å²) < 4.78 is 5.04. The second-order valence-electron chi connectivity index (χ2n) is 6.14. The fraction of sp³-hybridized carbons (Fsp3) is 0.933. The Hall–Kier alpha value is -0.810. The van der Waals surface area contributed by atoms with Gasteiger partial charge in [0.15, 0.2) is 0 Å². The molecule has 2 rings (SSSR count). The first-order chi connectivity index (χ1) is 9.69. The maximum absolute atomic E-state index is 11.6. The van der Waals surface area contributed by atoms with Crippen LogP contribution < -0.4 is 5.32 Å². The molecule has 0 aromatic heterocycles. The molecule has 1 amide bonds. The molecule has 2 fully saturated rings. The number of rotatable bonds is 4. The van der Waals surface area contributed by atoms with Crippen molar-refractivity contribution in [3.8, 4) is 0 Å². The number of hydrogen-bond acceptors (Lipinski definition) is 4. The largest absolute Gasteiger partial charge is 0.450 e. The average molecular weight is 283 g/mol. The van der Waals surface area contributed by atoms with Gasteiger partial charge in [0.1, 0.15) is 0 Å². The highest BCUT2D eigenvalue weighted by Gasteiger charge is 2.24. The van der Waals surface area contributed by atoms with Gasteiger partial charge >= 0.3 is 6.09 Å². The van der Waals surface area contributed by atoms with Gasteiger partial charge in [-0.05, 0) is 58.7 Å². The van der Waals surface area contributed by atoms with Crippen LogP contribution in [0, 0.1) is 5.92 Å². The van der Waals surface area contributed by atoms with Crippen molar-refractivity contribution in [3.63, 3.8) is 0 Å². The van der Waals surface area contributed by atoms with Crippen molar-refractivity contribution in [1.29, 1.82) is 0 Å². The van der Waals surface area contributed by atoms with E-state index in [-0.39, 0.29) is 6.09 Å². The topological polar surface area (TPSA) is 44.8 Å². The van der Waals surface area contributed by atoms with Crippen molar-refractivity contribution in [2.75, 3.05) is 46.4 Å². The Bertz CT molecular complexity index is 303. The van der Waals surface area contributed by atoms with E-state index in [1.165, 1.54) is 25.9 Å². The first-order valence-electron chi connectivity index (χ1n) is 8.02. The van der Waals surface area contributed by atoms with Gasteiger partial charge in [-0.25, -0.2) is 4.79 Å². The van der Waals surface area contributed by atoms with Crippen LogP contribution in [-0.4, -0.2) is 68.3 Å².